The molecule has 1 heterocycles. The molecule has 1 nitrogen and oxygen atoms in total. The third-order valence-corrected chi connectivity index (χ3v) is 7.64. The Bertz CT molecular complexity index is 4210. The number of furan rings is 1. The van der Waals surface area contributed by atoms with Gasteiger partial charge in [0.2, 0.25) is 0 Å². The maximum Gasteiger partial charge on any atom is 0.136 e. The Kier molecular flexibility index (Phi) is 2.13. The summed E-state index contributed by atoms with van der Waals surface area (Å²) in [6.45, 7) is 0. The van der Waals surface area contributed by atoms with Gasteiger partial charge in [0.05, 0.1) is 35.6 Å². The van der Waals surface area contributed by atoms with Gasteiger partial charge in [0, 0.05) is 10.8 Å². The van der Waals surface area contributed by atoms with Crippen molar-refractivity contribution in [3.05, 3.63) is 157 Å². The van der Waals surface area contributed by atoms with Crippen LogP contribution in [0.3, 0.4) is 0 Å². The fraction of sp³-hybridized carbons (Fsp3) is 0. The molecule has 0 saturated carbocycles. The largest absolute Gasteiger partial charge is 0.456 e. The summed E-state index contributed by atoms with van der Waals surface area (Å²) in [5.41, 5.74) is -4.02. The van der Waals surface area contributed by atoms with Crippen molar-refractivity contribution in [2.45, 2.75) is 0 Å². The Balaban J connectivity index is 1.55. The summed E-state index contributed by atoms with van der Waals surface area (Å²) in [5, 5.41) is -6.96. The van der Waals surface area contributed by atoms with Crippen LogP contribution in [0.4, 0.5) is 0 Å². The molecule has 0 unspecified atom stereocenters. The van der Waals surface area contributed by atoms with Crippen molar-refractivity contribution in [1.82, 2.24) is 0 Å². The van der Waals surface area contributed by atoms with Crippen molar-refractivity contribution in [3.63, 3.8) is 0 Å². The molecular formula is C44H26O. The number of fused-ring (bicyclic) bond motifs is 9. The summed E-state index contributed by atoms with van der Waals surface area (Å²) in [6, 6.07) is -22.6. The van der Waals surface area contributed by atoms with Gasteiger partial charge in [0.1, 0.15) is 11.2 Å². The number of rotatable bonds is 2. The van der Waals surface area contributed by atoms with Crippen LogP contribution in [0.1, 0.15) is 35.6 Å². The molecule has 1 aromatic heterocycles. The Hall–Kier alpha value is -5.92. The first-order valence-corrected chi connectivity index (χ1v) is 13.4. The van der Waals surface area contributed by atoms with E-state index in [0.29, 0.717) is 0 Å². The van der Waals surface area contributed by atoms with Crippen LogP contribution in [0.25, 0.3) is 98.1 Å². The Morgan fingerprint density at radius 2 is 0.933 bits per heavy atom. The second-order valence-electron chi connectivity index (χ2n) is 10.0. The molecule has 0 aliphatic heterocycles. The first kappa shape index (κ1) is 10.3. The van der Waals surface area contributed by atoms with Gasteiger partial charge >= 0.3 is 0 Å². The first-order valence-electron chi connectivity index (χ1n) is 26.4. The minimum absolute atomic E-state index is 0.468. The highest BCUT2D eigenvalue weighted by Crippen LogP contribution is 2.47. The minimum atomic E-state index is -0.988. The van der Waals surface area contributed by atoms with Crippen molar-refractivity contribution in [2.75, 3.05) is 0 Å². The minimum Gasteiger partial charge on any atom is -0.456 e. The molecule has 0 bridgehead atoms. The van der Waals surface area contributed by atoms with Crippen LogP contribution >= 0.6 is 0 Å². The van der Waals surface area contributed by atoms with E-state index in [1.54, 1.807) is 0 Å². The zero-order valence-electron chi connectivity index (χ0n) is 48.4. The van der Waals surface area contributed by atoms with E-state index in [1.165, 1.54) is 0 Å². The molecule has 0 saturated heterocycles. The van der Waals surface area contributed by atoms with E-state index >= 15 is 0 Å². The zero-order chi connectivity index (χ0) is 52.1. The fourth-order valence-electron chi connectivity index (χ4n) is 5.76. The van der Waals surface area contributed by atoms with Crippen molar-refractivity contribution in [3.8, 4) is 22.3 Å². The van der Waals surface area contributed by atoms with E-state index in [0.717, 1.165) is 0 Å². The predicted molar refractivity (Wildman–Crippen MR) is 192 cm³/mol. The Labute approximate surface area is 296 Å². The van der Waals surface area contributed by atoms with E-state index in [-0.39, 0.29) is 0 Å². The topological polar surface area (TPSA) is 13.1 Å². The average Bonchev–Trinajstić information content (AvgIpc) is 3.74. The summed E-state index contributed by atoms with van der Waals surface area (Å²) in [6.07, 6.45) is 0. The monoisotopic (exact) mass is 596 g/mol. The van der Waals surface area contributed by atoms with Gasteiger partial charge in [-0.1, -0.05) is 133 Å². The fourth-order valence-corrected chi connectivity index (χ4v) is 5.76. The molecular weight excluding hydrogens is 544 g/mol. The van der Waals surface area contributed by atoms with Crippen LogP contribution in [0.2, 0.25) is 0 Å². The summed E-state index contributed by atoms with van der Waals surface area (Å²) in [7, 11) is 0. The van der Waals surface area contributed by atoms with E-state index < -0.39 is 255 Å². The number of hydrogen-bond acceptors (Lipinski definition) is 1. The molecule has 0 amide bonds. The lowest BCUT2D eigenvalue weighted by Crippen LogP contribution is -1.91. The van der Waals surface area contributed by atoms with Gasteiger partial charge in [0.25, 0.3) is 0 Å². The third kappa shape index (κ3) is 3.56. The van der Waals surface area contributed by atoms with Crippen LogP contribution in [0, 0.1) is 0 Å². The maximum absolute atomic E-state index is 9.73. The van der Waals surface area contributed by atoms with Gasteiger partial charge in [-0.15, -0.1) is 0 Å². The van der Waals surface area contributed by atoms with Crippen molar-refractivity contribution >= 4 is 75.8 Å². The van der Waals surface area contributed by atoms with Crippen molar-refractivity contribution in [1.29, 1.82) is 0 Å². The van der Waals surface area contributed by atoms with Crippen LogP contribution in [-0.4, -0.2) is 0 Å². The number of hydrogen-bond donors (Lipinski definition) is 0. The van der Waals surface area contributed by atoms with Gasteiger partial charge < -0.3 is 4.42 Å². The quantitative estimate of drug-likeness (QED) is 0.143. The van der Waals surface area contributed by atoms with Crippen LogP contribution < -0.4 is 0 Å². The molecule has 9 aromatic carbocycles. The van der Waals surface area contributed by atoms with Crippen molar-refractivity contribution < 1.29 is 40.1 Å². The molecule has 208 valence electrons. The maximum atomic E-state index is 9.73. The van der Waals surface area contributed by atoms with Gasteiger partial charge in [-0.05, 0) is 100 Å². The van der Waals surface area contributed by atoms with Crippen LogP contribution in [-0.2, 0) is 0 Å². The first-order chi connectivity index (χ1) is 33.2. The molecule has 10 rings (SSSR count). The molecule has 0 radical (unpaired) electrons. The zero-order valence-corrected chi connectivity index (χ0v) is 22.4. The molecule has 45 heavy (non-hydrogen) atoms. The average molecular weight is 597 g/mol. The highest BCUT2D eigenvalue weighted by atomic mass is 16.3. The van der Waals surface area contributed by atoms with Crippen LogP contribution in [0.15, 0.2) is 162 Å². The van der Waals surface area contributed by atoms with Gasteiger partial charge in [-0.25, -0.2) is 0 Å². The smallest absolute Gasteiger partial charge is 0.136 e. The van der Waals surface area contributed by atoms with Crippen LogP contribution in [0.5, 0.6) is 0 Å². The second kappa shape index (κ2) is 9.29. The molecule has 0 N–H and O–H groups in total. The molecule has 0 aliphatic carbocycles. The lowest BCUT2D eigenvalue weighted by molar-refractivity contribution is 0.669. The normalized spacial score (nSPS) is 20.1. The molecule has 0 fully saturated rings. The molecule has 1 heteroatoms. The van der Waals surface area contributed by atoms with Gasteiger partial charge in [-0.3, -0.25) is 0 Å². The van der Waals surface area contributed by atoms with Gasteiger partial charge in [-0.2, -0.15) is 0 Å². The molecule has 10 aromatic rings. The molecule has 0 spiro atoms. The van der Waals surface area contributed by atoms with Crippen molar-refractivity contribution in [2.24, 2.45) is 0 Å². The summed E-state index contributed by atoms with van der Waals surface area (Å²) in [5.74, 6) is 0. The molecule has 0 atom stereocenters. The third-order valence-electron chi connectivity index (χ3n) is 7.64. The standard InChI is InChI=1S/C44H26O/c1-2-12-29-26-41-39(25-28(29)11-1)44-38(18-9-19-40(44)45-41)43-36-16-7-5-14-34(36)42(35-15-6-8-17-37(35)43)31-22-23-33-30(24-31)21-20-27-10-3-4-13-32(27)33/h1-26H/i1D,2D,3D,4D,5D,6D,7D,8D,9D,10D,11D,12D,13D,14D,15D,16D,17D,18D,19D,20D,21D,22D,23D,24D,25D,26D. The predicted octanol–water partition coefficient (Wildman–Crippen LogP) is 12.7. The summed E-state index contributed by atoms with van der Waals surface area (Å²) >= 11 is 0. The lowest BCUT2D eigenvalue weighted by atomic mass is 9.84. The summed E-state index contributed by atoms with van der Waals surface area (Å²) < 4.78 is 240. The van der Waals surface area contributed by atoms with Gasteiger partial charge in [0.15, 0.2) is 0 Å². The molecule has 0 aliphatic rings. The Morgan fingerprint density at radius 3 is 1.67 bits per heavy atom. The highest BCUT2D eigenvalue weighted by Gasteiger charge is 2.20. The second-order valence-corrected chi connectivity index (χ2v) is 10.0. The van der Waals surface area contributed by atoms with E-state index in [9.17, 15) is 12.3 Å². The summed E-state index contributed by atoms with van der Waals surface area (Å²) in [4.78, 5) is 0. The SMILES string of the molecule is [2H]c1c([2H])c(-c2c3c([2H])c([2H])c([2H])c([2H])c3c(-c3c([2H])c([2H])c4c(c3[2H])c([2H])c([2H])c3c([2H])c([2H])c([2H])c([2H])c34)c3c([2H])c([2H])c([2H])c([2H])c23)c2c(oc3c([2H])c4c([2H])c([2H])c([2H])c([2H])c4c([2H])c32)c1[2H]. The van der Waals surface area contributed by atoms with E-state index in [4.69, 9.17) is 27.7 Å². The number of benzene rings is 9. The highest BCUT2D eigenvalue weighted by molar-refractivity contribution is 6.26. The lowest BCUT2D eigenvalue weighted by Gasteiger charge is -2.18. The van der Waals surface area contributed by atoms with E-state index in [1.807, 2.05) is 0 Å². The Morgan fingerprint density at radius 1 is 0.356 bits per heavy atom. The van der Waals surface area contributed by atoms with E-state index in [2.05, 4.69) is 0 Å².